The summed E-state index contributed by atoms with van der Waals surface area (Å²) in [6.45, 7) is 0.622. The van der Waals surface area contributed by atoms with Gasteiger partial charge >= 0.3 is 6.18 Å². The maximum Gasteiger partial charge on any atom is 0.417 e. The number of para-hydroxylation sites is 1. The summed E-state index contributed by atoms with van der Waals surface area (Å²) in [6, 6.07) is 7.72. The third-order valence-corrected chi connectivity index (χ3v) is 6.59. The van der Waals surface area contributed by atoms with E-state index in [9.17, 15) is 18.0 Å². The number of carbonyl (C=O) groups is 1. The minimum Gasteiger partial charge on any atom is -0.364 e. The second-order valence-electron chi connectivity index (χ2n) is 8.34. The van der Waals surface area contributed by atoms with E-state index in [0.29, 0.717) is 17.8 Å². The van der Waals surface area contributed by atoms with E-state index < -0.39 is 11.7 Å². The van der Waals surface area contributed by atoms with Gasteiger partial charge in [-0.05, 0) is 43.4 Å². The fraction of sp³-hybridized carbons (Fsp3) is 0.364. The van der Waals surface area contributed by atoms with Crippen LogP contribution in [-0.2, 0) is 6.18 Å². The molecule has 172 valence electrons. The predicted octanol–water partition coefficient (Wildman–Crippen LogP) is 4.44. The molecule has 3 fully saturated rings. The van der Waals surface area contributed by atoms with E-state index >= 15 is 0 Å². The average Bonchev–Trinajstić information content (AvgIpc) is 3.34. The first-order chi connectivity index (χ1) is 15.8. The van der Waals surface area contributed by atoms with E-state index in [1.807, 2.05) is 11.0 Å². The number of amides is 1. The van der Waals surface area contributed by atoms with Gasteiger partial charge in [-0.15, -0.1) is 0 Å². The van der Waals surface area contributed by atoms with Crippen molar-refractivity contribution in [3.63, 3.8) is 0 Å². The summed E-state index contributed by atoms with van der Waals surface area (Å²) >= 11 is 6.11. The van der Waals surface area contributed by atoms with Crippen LogP contribution in [0.3, 0.4) is 0 Å². The number of carbonyl (C=O) groups excluding carboxylic acids is 1. The average molecular weight is 477 g/mol. The molecule has 3 aromatic rings. The molecule has 1 aliphatic carbocycles. The van der Waals surface area contributed by atoms with E-state index in [1.54, 1.807) is 30.6 Å². The zero-order valence-corrected chi connectivity index (χ0v) is 18.1. The number of anilines is 1. The van der Waals surface area contributed by atoms with Crippen molar-refractivity contribution in [3.05, 3.63) is 65.1 Å². The number of hydrogen-bond acceptors (Lipinski definition) is 5. The molecule has 4 heterocycles. The maximum atomic E-state index is 13.6. The maximum absolute atomic E-state index is 13.6. The van der Waals surface area contributed by atoms with Crippen LogP contribution in [-0.4, -0.2) is 49.4 Å². The van der Waals surface area contributed by atoms with Crippen LogP contribution in [0.25, 0.3) is 5.69 Å². The molecule has 0 spiro atoms. The highest BCUT2D eigenvalue weighted by Crippen LogP contribution is 2.39. The normalized spacial score (nSPS) is 22.4. The lowest BCUT2D eigenvalue weighted by Crippen LogP contribution is -2.59. The van der Waals surface area contributed by atoms with Crippen molar-refractivity contribution in [2.45, 2.75) is 37.5 Å². The standard InChI is InChI=1S/C22H20ClF3N6O/c23-16-10-14(22(24,25)26)11-27-20(16)30-17-9-13-5-6-19(17)31(12-13)21(33)15-3-1-2-4-18(15)32-28-7-8-29-32/h1-4,7-8,10-11,13,17,19H,5-6,9,12H2,(H,27,30)/t13-,17+,19-/m0/s1. The first-order valence-electron chi connectivity index (χ1n) is 10.6. The molecule has 2 bridgehead atoms. The van der Waals surface area contributed by atoms with Crippen LogP contribution in [0.4, 0.5) is 19.0 Å². The van der Waals surface area contributed by atoms with Crippen molar-refractivity contribution in [2.24, 2.45) is 5.92 Å². The van der Waals surface area contributed by atoms with E-state index in [1.165, 1.54) is 4.80 Å². The smallest absolute Gasteiger partial charge is 0.364 e. The molecule has 2 saturated heterocycles. The molecule has 1 N–H and O–H groups in total. The molecule has 1 saturated carbocycles. The Labute approximate surface area is 192 Å². The zero-order valence-electron chi connectivity index (χ0n) is 17.3. The molecule has 33 heavy (non-hydrogen) atoms. The van der Waals surface area contributed by atoms with Crippen molar-refractivity contribution in [1.29, 1.82) is 0 Å². The van der Waals surface area contributed by atoms with Crippen LogP contribution in [0, 0.1) is 5.92 Å². The Morgan fingerprint density at radius 1 is 1.15 bits per heavy atom. The van der Waals surface area contributed by atoms with Gasteiger partial charge in [-0.25, -0.2) is 4.98 Å². The lowest BCUT2D eigenvalue weighted by Gasteiger charge is -2.50. The van der Waals surface area contributed by atoms with E-state index in [2.05, 4.69) is 20.5 Å². The summed E-state index contributed by atoms with van der Waals surface area (Å²) in [4.78, 5) is 20.8. The van der Waals surface area contributed by atoms with Gasteiger partial charge in [-0.1, -0.05) is 23.7 Å². The molecular formula is C22H20ClF3N6O. The van der Waals surface area contributed by atoms with E-state index in [4.69, 9.17) is 11.6 Å². The SMILES string of the molecule is O=C(c1ccccc1-n1nccn1)N1C[C@H]2CC[C@H]1[C@H](Nc1ncc(C(F)(F)F)cc1Cl)C2. The number of piperidine rings is 2. The van der Waals surface area contributed by atoms with Crippen molar-refractivity contribution < 1.29 is 18.0 Å². The van der Waals surface area contributed by atoms with Crippen molar-refractivity contribution in [3.8, 4) is 5.69 Å². The number of rotatable bonds is 4. The van der Waals surface area contributed by atoms with Gasteiger partial charge in [0.1, 0.15) is 5.82 Å². The summed E-state index contributed by atoms with van der Waals surface area (Å²) < 4.78 is 38.8. The number of benzene rings is 1. The van der Waals surface area contributed by atoms with Gasteiger partial charge in [-0.2, -0.15) is 28.2 Å². The quantitative estimate of drug-likeness (QED) is 0.602. The molecule has 1 amide bonds. The molecule has 3 atom stereocenters. The molecule has 11 heteroatoms. The van der Waals surface area contributed by atoms with Gasteiger partial charge in [0.2, 0.25) is 0 Å². The Morgan fingerprint density at radius 2 is 1.91 bits per heavy atom. The molecule has 0 radical (unpaired) electrons. The second kappa shape index (κ2) is 8.33. The monoisotopic (exact) mass is 476 g/mol. The first kappa shape index (κ1) is 21.7. The summed E-state index contributed by atoms with van der Waals surface area (Å²) in [5.74, 6) is 0.339. The number of nitrogens with one attached hydrogen (secondary N) is 1. The van der Waals surface area contributed by atoms with Crippen molar-refractivity contribution in [1.82, 2.24) is 24.9 Å². The highest BCUT2D eigenvalue weighted by atomic mass is 35.5. The molecule has 3 aliphatic rings. The van der Waals surface area contributed by atoms with E-state index in [-0.39, 0.29) is 34.7 Å². The second-order valence-corrected chi connectivity index (χ2v) is 8.75. The Morgan fingerprint density at radius 3 is 2.61 bits per heavy atom. The van der Waals surface area contributed by atoms with Gasteiger partial charge in [0, 0.05) is 18.8 Å². The molecule has 0 unspecified atom stereocenters. The van der Waals surface area contributed by atoms with Crippen LogP contribution in [0.2, 0.25) is 5.02 Å². The van der Waals surface area contributed by atoms with Crippen LogP contribution in [0.15, 0.2) is 48.9 Å². The topological polar surface area (TPSA) is 75.9 Å². The summed E-state index contributed by atoms with van der Waals surface area (Å²) in [5.41, 5.74) is 0.181. The Hall–Kier alpha value is -3.14. The van der Waals surface area contributed by atoms with E-state index in [0.717, 1.165) is 31.5 Å². The lowest BCUT2D eigenvalue weighted by atomic mass is 9.76. The minimum absolute atomic E-state index is 0.0979. The predicted molar refractivity (Wildman–Crippen MR) is 115 cm³/mol. The number of pyridine rings is 1. The fourth-order valence-corrected chi connectivity index (χ4v) is 5.00. The molecular weight excluding hydrogens is 457 g/mol. The van der Waals surface area contributed by atoms with Gasteiger partial charge in [0.15, 0.2) is 0 Å². The third-order valence-electron chi connectivity index (χ3n) is 6.30. The van der Waals surface area contributed by atoms with Gasteiger partial charge in [0.25, 0.3) is 5.91 Å². The van der Waals surface area contributed by atoms with Crippen molar-refractivity contribution in [2.75, 3.05) is 11.9 Å². The van der Waals surface area contributed by atoms with Gasteiger partial charge in [0.05, 0.1) is 40.3 Å². The van der Waals surface area contributed by atoms with Crippen molar-refractivity contribution >= 4 is 23.3 Å². The molecule has 1 aromatic carbocycles. The van der Waals surface area contributed by atoms with Crippen LogP contribution in [0.1, 0.15) is 35.2 Å². The lowest BCUT2D eigenvalue weighted by molar-refractivity contribution is -0.137. The first-order valence-corrected chi connectivity index (χ1v) is 10.9. The Bertz CT molecular complexity index is 1170. The van der Waals surface area contributed by atoms with Crippen LogP contribution < -0.4 is 5.32 Å². The van der Waals surface area contributed by atoms with Gasteiger partial charge < -0.3 is 10.2 Å². The highest BCUT2D eigenvalue weighted by Gasteiger charge is 2.44. The van der Waals surface area contributed by atoms with Crippen LogP contribution >= 0.6 is 11.6 Å². The number of hydrogen-bond donors (Lipinski definition) is 1. The number of aromatic nitrogens is 4. The highest BCUT2D eigenvalue weighted by molar-refractivity contribution is 6.33. The molecule has 2 aromatic heterocycles. The molecule has 6 rings (SSSR count). The fourth-order valence-electron chi connectivity index (χ4n) is 4.78. The number of fused-ring (bicyclic) bond motifs is 3. The molecule has 7 nitrogen and oxygen atoms in total. The summed E-state index contributed by atoms with van der Waals surface area (Å²) in [7, 11) is 0. The van der Waals surface area contributed by atoms with Gasteiger partial charge in [-0.3, -0.25) is 4.79 Å². The Balaban J connectivity index is 1.40. The number of halogens is 4. The largest absolute Gasteiger partial charge is 0.417 e. The third kappa shape index (κ3) is 4.15. The number of nitrogens with zero attached hydrogens (tertiary/aromatic N) is 5. The number of alkyl halides is 3. The zero-order chi connectivity index (χ0) is 23.2. The minimum atomic E-state index is -4.51. The Kier molecular flexibility index (Phi) is 5.48. The van der Waals surface area contributed by atoms with Crippen LogP contribution in [0.5, 0.6) is 0 Å². The molecule has 2 aliphatic heterocycles. The summed E-state index contributed by atoms with van der Waals surface area (Å²) in [6.07, 6.45) is 1.91. The summed E-state index contributed by atoms with van der Waals surface area (Å²) in [5, 5.41) is 11.4.